The monoisotopic (exact) mass is 775 g/mol. The average molecular weight is 775 g/mol. The highest BCUT2D eigenvalue weighted by atomic mass is 16.4. The maximum Gasteiger partial charge on any atom is 0.317 e. The van der Waals surface area contributed by atoms with Crippen LogP contribution in [0.15, 0.2) is 24.3 Å². The molecule has 14 heteroatoms. The first-order valence-corrected chi connectivity index (χ1v) is 20.6. The lowest BCUT2D eigenvalue weighted by molar-refractivity contribution is -0.140. The lowest BCUT2D eigenvalue weighted by Gasteiger charge is -2.32. The van der Waals surface area contributed by atoms with Crippen molar-refractivity contribution >= 4 is 29.7 Å². The molecule has 312 valence electrons. The highest BCUT2D eigenvalue weighted by molar-refractivity contribution is 5.78. The Morgan fingerprint density at radius 2 is 0.982 bits per heavy atom. The van der Waals surface area contributed by atoms with Crippen molar-refractivity contribution < 1.29 is 39.3 Å². The quantitative estimate of drug-likeness (QED) is 0.0863. The van der Waals surface area contributed by atoms with Gasteiger partial charge in [0.15, 0.2) is 0 Å². The van der Waals surface area contributed by atoms with Crippen LogP contribution in [0.5, 0.6) is 0 Å². The molecule has 55 heavy (non-hydrogen) atoms. The minimum atomic E-state index is -1.01. The molecule has 0 spiro atoms. The van der Waals surface area contributed by atoms with E-state index in [2.05, 4.69) is 41.8 Å². The van der Waals surface area contributed by atoms with Gasteiger partial charge in [-0.2, -0.15) is 0 Å². The summed E-state index contributed by atoms with van der Waals surface area (Å²) in [5.74, 6) is -3.05. The van der Waals surface area contributed by atoms with Gasteiger partial charge in [0, 0.05) is 71.4 Å². The van der Waals surface area contributed by atoms with Crippen LogP contribution in [0.25, 0.3) is 0 Å². The Morgan fingerprint density at radius 1 is 0.564 bits per heavy atom. The van der Waals surface area contributed by atoms with Gasteiger partial charge in [0.25, 0.3) is 0 Å². The number of carbonyl (C=O) groups is 5. The van der Waals surface area contributed by atoms with Gasteiger partial charge in [-0.3, -0.25) is 43.6 Å². The summed E-state index contributed by atoms with van der Waals surface area (Å²) in [6.45, 7) is 6.89. The van der Waals surface area contributed by atoms with Crippen LogP contribution < -0.4 is 10.6 Å². The molecule has 1 aliphatic heterocycles. The third-order valence-electron chi connectivity index (χ3n) is 10.2. The molecule has 1 saturated heterocycles. The standard InChI is InChI=1S/C41H70N6O8/c1-34-17-19-36(20-18-34)15-10-8-6-4-3-5-7-9-11-16-37(48)43-35(2)14-12-13-21-42-38(49)30-44-22-24-45(31-39(50)51)26-28-47(33-41(54)55)29-27-46(25-23-44)32-40(52)53/h17-20,35H,3-16,21-33H2,1-2H3,(H,42,49)(H,43,48)(H,50,51)(H,52,53)(H,54,55). The fourth-order valence-electron chi connectivity index (χ4n) is 6.87. The van der Waals surface area contributed by atoms with Crippen LogP contribution in [0, 0.1) is 6.92 Å². The number of hydrogen-bond acceptors (Lipinski definition) is 9. The van der Waals surface area contributed by atoms with Gasteiger partial charge in [0.2, 0.25) is 11.8 Å². The highest BCUT2D eigenvalue weighted by Crippen LogP contribution is 2.13. The van der Waals surface area contributed by atoms with E-state index < -0.39 is 17.9 Å². The Balaban J connectivity index is 1.59. The second-order valence-corrected chi connectivity index (χ2v) is 15.3. The highest BCUT2D eigenvalue weighted by Gasteiger charge is 2.21. The van der Waals surface area contributed by atoms with Crippen LogP contribution in [0.3, 0.4) is 0 Å². The largest absolute Gasteiger partial charge is 0.480 e. The molecule has 0 aromatic heterocycles. The summed E-state index contributed by atoms with van der Waals surface area (Å²) >= 11 is 0. The molecule has 0 saturated carbocycles. The molecule has 1 heterocycles. The number of carboxylic acids is 3. The zero-order valence-corrected chi connectivity index (χ0v) is 33.7. The normalized spacial score (nSPS) is 16.1. The maximum absolute atomic E-state index is 12.9. The zero-order chi connectivity index (χ0) is 40.3. The molecule has 1 fully saturated rings. The van der Waals surface area contributed by atoms with Gasteiger partial charge >= 0.3 is 17.9 Å². The van der Waals surface area contributed by atoms with Gasteiger partial charge in [0.05, 0.1) is 26.2 Å². The van der Waals surface area contributed by atoms with E-state index in [1.165, 1.54) is 62.5 Å². The van der Waals surface area contributed by atoms with E-state index in [0.717, 1.165) is 32.1 Å². The Labute approximate surface area is 329 Å². The summed E-state index contributed by atoms with van der Waals surface area (Å²) in [7, 11) is 0. The zero-order valence-electron chi connectivity index (χ0n) is 33.7. The van der Waals surface area contributed by atoms with Crippen molar-refractivity contribution in [1.82, 2.24) is 30.2 Å². The number of hydrogen-bond donors (Lipinski definition) is 5. The fourth-order valence-corrected chi connectivity index (χ4v) is 6.87. The summed E-state index contributed by atoms with van der Waals surface area (Å²) in [4.78, 5) is 66.8. The summed E-state index contributed by atoms with van der Waals surface area (Å²) in [5, 5.41) is 34.2. The van der Waals surface area contributed by atoms with Gasteiger partial charge in [-0.05, 0) is 57.9 Å². The van der Waals surface area contributed by atoms with Crippen molar-refractivity contribution in [3.05, 3.63) is 35.4 Å². The first-order chi connectivity index (χ1) is 26.4. The second kappa shape index (κ2) is 28.8. The molecule has 0 aliphatic carbocycles. The van der Waals surface area contributed by atoms with E-state index in [1.807, 2.05) is 11.8 Å². The summed E-state index contributed by atoms with van der Waals surface area (Å²) < 4.78 is 0. The van der Waals surface area contributed by atoms with Crippen molar-refractivity contribution in [1.29, 1.82) is 0 Å². The molecule has 2 rings (SSSR count). The molecule has 1 unspecified atom stereocenters. The number of aliphatic carboxylic acids is 3. The number of nitrogens with one attached hydrogen (secondary N) is 2. The third-order valence-corrected chi connectivity index (χ3v) is 10.2. The molecule has 1 aromatic carbocycles. The van der Waals surface area contributed by atoms with Gasteiger partial charge in [0.1, 0.15) is 0 Å². The summed E-state index contributed by atoms with van der Waals surface area (Å²) in [6, 6.07) is 8.92. The van der Waals surface area contributed by atoms with E-state index in [0.29, 0.717) is 65.3 Å². The number of rotatable bonds is 26. The smallest absolute Gasteiger partial charge is 0.317 e. The van der Waals surface area contributed by atoms with E-state index in [1.54, 1.807) is 14.7 Å². The lowest BCUT2D eigenvalue weighted by Crippen LogP contribution is -2.49. The number of nitrogens with zero attached hydrogens (tertiary/aromatic N) is 4. The molecule has 1 aliphatic rings. The summed E-state index contributed by atoms with van der Waals surface area (Å²) in [6.07, 6.45) is 15.0. The van der Waals surface area contributed by atoms with Crippen LogP contribution in [0.4, 0.5) is 0 Å². The number of carboxylic acid groups (broad SMARTS) is 3. The van der Waals surface area contributed by atoms with E-state index in [-0.39, 0.29) is 44.0 Å². The van der Waals surface area contributed by atoms with Gasteiger partial charge in [-0.25, -0.2) is 0 Å². The average Bonchev–Trinajstić information content (AvgIpc) is 3.11. The SMILES string of the molecule is Cc1ccc(CCCCCCCCCCCC(=O)NC(C)CCCCNC(=O)CN2CCN(CC(=O)O)CCN(CC(=O)O)CCN(CC(=O)O)CC2)cc1. The Bertz CT molecular complexity index is 1230. The van der Waals surface area contributed by atoms with Crippen molar-refractivity contribution in [2.45, 2.75) is 110 Å². The van der Waals surface area contributed by atoms with Crippen LogP contribution in [0.1, 0.15) is 102 Å². The molecule has 5 N–H and O–H groups in total. The van der Waals surface area contributed by atoms with Crippen LogP contribution >= 0.6 is 0 Å². The predicted octanol–water partition coefficient (Wildman–Crippen LogP) is 3.71. The van der Waals surface area contributed by atoms with Crippen LogP contribution in [-0.4, -0.2) is 156 Å². The number of benzene rings is 1. The van der Waals surface area contributed by atoms with Crippen molar-refractivity contribution in [2.75, 3.05) is 85.1 Å². The minimum absolute atomic E-state index is 0.0650. The molecule has 2 amide bonds. The number of carbonyl (C=O) groups excluding carboxylic acids is 2. The molecule has 1 atom stereocenters. The lowest BCUT2D eigenvalue weighted by atomic mass is 10.0. The van der Waals surface area contributed by atoms with Crippen molar-refractivity contribution in [3.8, 4) is 0 Å². The Kier molecular flexibility index (Phi) is 24.9. The van der Waals surface area contributed by atoms with Gasteiger partial charge < -0.3 is 26.0 Å². The second-order valence-electron chi connectivity index (χ2n) is 15.3. The Morgan fingerprint density at radius 3 is 1.44 bits per heavy atom. The molecule has 14 nitrogen and oxygen atoms in total. The minimum Gasteiger partial charge on any atom is -0.480 e. The van der Waals surface area contributed by atoms with Crippen molar-refractivity contribution in [2.24, 2.45) is 0 Å². The predicted molar refractivity (Wildman–Crippen MR) is 214 cm³/mol. The van der Waals surface area contributed by atoms with Crippen molar-refractivity contribution in [3.63, 3.8) is 0 Å². The summed E-state index contributed by atoms with van der Waals surface area (Å²) in [5.41, 5.74) is 2.75. The van der Waals surface area contributed by atoms with Crippen LogP contribution in [0.2, 0.25) is 0 Å². The molecular weight excluding hydrogens is 704 g/mol. The first-order valence-electron chi connectivity index (χ1n) is 20.6. The van der Waals surface area contributed by atoms with Crippen LogP contribution in [-0.2, 0) is 30.4 Å². The number of amides is 2. The van der Waals surface area contributed by atoms with E-state index in [9.17, 15) is 39.3 Å². The number of aryl methyl sites for hydroxylation is 2. The number of unbranched alkanes of at least 4 members (excludes halogenated alkanes) is 9. The third kappa shape index (κ3) is 25.2. The molecule has 0 bridgehead atoms. The molecular formula is C41H70N6O8. The fraction of sp³-hybridized carbons (Fsp3) is 0.732. The van der Waals surface area contributed by atoms with E-state index in [4.69, 9.17) is 0 Å². The molecule has 1 aromatic rings. The van der Waals surface area contributed by atoms with Gasteiger partial charge in [-0.1, -0.05) is 74.8 Å². The van der Waals surface area contributed by atoms with E-state index >= 15 is 0 Å². The Hall–Kier alpha value is -3.59. The van der Waals surface area contributed by atoms with Gasteiger partial charge in [-0.15, -0.1) is 0 Å². The maximum atomic E-state index is 12.9. The topological polar surface area (TPSA) is 183 Å². The first kappa shape index (κ1) is 47.6. The molecule has 0 radical (unpaired) electrons.